The number of nitrogens with one attached hydrogen (secondary N) is 1. The number of rotatable bonds is 1. The molecule has 18 heavy (non-hydrogen) atoms. The Hall–Kier alpha value is -1.58. The van der Waals surface area contributed by atoms with Crippen LogP contribution in [0.4, 0.5) is 4.39 Å². The summed E-state index contributed by atoms with van der Waals surface area (Å²) < 4.78 is 13.7. The van der Waals surface area contributed by atoms with Gasteiger partial charge in [0, 0.05) is 5.02 Å². The lowest BCUT2D eigenvalue weighted by atomic mass is 10.2. The second kappa shape index (κ2) is 4.26. The molecule has 0 aliphatic rings. The molecule has 1 heterocycles. The van der Waals surface area contributed by atoms with Gasteiger partial charge in [-0.25, -0.2) is 9.37 Å². The lowest BCUT2D eigenvalue weighted by Crippen LogP contribution is -1.84. The summed E-state index contributed by atoms with van der Waals surface area (Å²) in [5.74, 6) is 0.103. The zero-order chi connectivity index (χ0) is 12.7. The molecule has 0 aliphatic carbocycles. The van der Waals surface area contributed by atoms with E-state index in [4.69, 9.17) is 23.2 Å². The highest BCUT2D eigenvalue weighted by molar-refractivity contribution is 6.38. The van der Waals surface area contributed by atoms with Crippen LogP contribution in [0.3, 0.4) is 0 Å². The topological polar surface area (TPSA) is 28.7 Å². The van der Waals surface area contributed by atoms with Gasteiger partial charge in [0.05, 0.1) is 16.1 Å². The first-order valence-corrected chi connectivity index (χ1v) is 6.00. The molecule has 0 bridgehead atoms. The van der Waals surface area contributed by atoms with Gasteiger partial charge in [-0.1, -0.05) is 35.3 Å². The monoisotopic (exact) mass is 280 g/mol. The SMILES string of the molecule is Fc1ccccc1-c1nc2c(Cl)cc(Cl)cc2[nH]1. The molecule has 90 valence electrons. The van der Waals surface area contributed by atoms with Gasteiger partial charge in [-0.3, -0.25) is 0 Å². The minimum atomic E-state index is -0.334. The molecule has 2 aromatic carbocycles. The number of aromatic amines is 1. The predicted molar refractivity (Wildman–Crippen MR) is 71.5 cm³/mol. The first-order valence-electron chi connectivity index (χ1n) is 5.25. The summed E-state index contributed by atoms with van der Waals surface area (Å²) in [4.78, 5) is 7.31. The van der Waals surface area contributed by atoms with Gasteiger partial charge >= 0.3 is 0 Å². The zero-order valence-corrected chi connectivity index (χ0v) is 10.6. The first kappa shape index (κ1) is 11.5. The van der Waals surface area contributed by atoms with Crippen LogP contribution in [0.1, 0.15) is 0 Å². The molecule has 0 saturated heterocycles. The maximum atomic E-state index is 13.7. The van der Waals surface area contributed by atoms with Gasteiger partial charge in [-0.2, -0.15) is 0 Å². The Morgan fingerprint density at radius 3 is 2.67 bits per heavy atom. The summed E-state index contributed by atoms with van der Waals surface area (Å²) in [6.45, 7) is 0. The number of imidazole rings is 1. The van der Waals surface area contributed by atoms with Crippen LogP contribution in [-0.4, -0.2) is 9.97 Å². The molecule has 0 saturated carbocycles. The van der Waals surface area contributed by atoms with E-state index in [2.05, 4.69) is 9.97 Å². The smallest absolute Gasteiger partial charge is 0.141 e. The van der Waals surface area contributed by atoms with Gasteiger partial charge in [0.2, 0.25) is 0 Å². The van der Waals surface area contributed by atoms with Gasteiger partial charge in [0.25, 0.3) is 0 Å². The summed E-state index contributed by atoms with van der Waals surface area (Å²) in [5, 5.41) is 0.951. The minimum Gasteiger partial charge on any atom is -0.338 e. The van der Waals surface area contributed by atoms with Crippen molar-refractivity contribution < 1.29 is 4.39 Å². The molecule has 0 aliphatic heterocycles. The zero-order valence-electron chi connectivity index (χ0n) is 9.05. The Bertz CT molecular complexity index is 737. The quantitative estimate of drug-likeness (QED) is 0.689. The summed E-state index contributed by atoms with van der Waals surface area (Å²) in [6, 6.07) is 9.74. The molecule has 2 nitrogen and oxygen atoms in total. The predicted octanol–water partition coefficient (Wildman–Crippen LogP) is 4.68. The highest BCUT2D eigenvalue weighted by Gasteiger charge is 2.11. The maximum absolute atomic E-state index is 13.7. The molecule has 3 aromatic rings. The van der Waals surface area contributed by atoms with Crippen LogP contribution < -0.4 is 0 Å². The van der Waals surface area contributed by atoms with Crippen molar-refractivity contribution in [1.29, 1.82) is 0 Å². The number of H-pyrrole nitrogens is 1. The summed E-state index contributed by atoms with van der Waals surface area (Å²) in [6.07, 6.45) is 0. The third-order valence-electron chi connectivity index (χ3n) is 2.63. The van der Waals surface area contributed by atoms with E-state index < -0.39 is 0 Å². The van der Waals surface area contributed by atoms with Crippen LogP contribution in [0.25, 0.3) is 22.4 Å². The molecule has 3 rings (SSSR count). The molecular formula is C13H7Cl2FN2. The molecule has 1 N–H and O–H groups in total. The average Bonchev–Trinajstić information content (AvgIpc) is 2.73. The highest BCUT2D eigenvalue weighted by Crippen LogP contribution is 2.29. The highest BCUT2D eigenvalue weighted by atomic mass is 35.5. The second-order valence-corrected chi connectivity index (χ2v) is 4.69. The molecule has 5 heteroatoms. The number of aromatic nitrogens is 2. The first-order chi connectivity index (χ1) is 8.65. The van der Waals surface area contributed by atoms with Crippen molar-refractivity contribution in [2.75, 3.05) is 0 Å². The standard InChI is InChI=1S/C13H7Cl2FN2/c14-7-5-9(15)12-11(6-7)17-13(18-12)8-3-1-2-4-10(8)16/h1-6H,(H,17,18). The van der Waals surface area contributed by atoms with Crippen molar-refractivity contribution in [3.63, 3.8) is 0 Å². The molecular weight excluding hydrogens is 274 g/mol. The average molecular weight is 281 g/mol. The van der Waals surface area contributed by atoms with Gasteiger partial charge in [0.1, 0.15) is 17.2 Å². The Morgan fingerprint density at radius 1 is 1.11 bits per heavy atom. The van der Waals surface area contributed by atoms with E-state index in [9.17, 15) is 4.39 Å². The Balaban J connectivity index is 2.26. The van der Waals surface area contributed by atoms with Crippen LogP contribution in [0.15, 0.2) is 36.4 Å². The summed E-state index contributed by atoms with van der Waals surface area (Å²) in [7, 11) is 0. The number of fused-ring (bicyclic) bond motifs is 1. The van der Waals surface area contributed by atoms with Crippen molar-refractivity contribution in [3.05, 3.63) is 52.3 Å². The van der Waals surface area contributed by atoms with Crippen LogP contribution in [-0.2, 0) is 0 Å². The number of hydrogen-bond donors (Lipinski definition) is 1. The number of hydrogen-bond acceptors (Lipinski definition) is 1. The van der Waals surface area contributed by atoms with Crippen molar-refractivity contribution in [3.8, 4) is 11.4 Å². The van der Waals surface area contributed by atoms with E-state index in [1.54, 1.807) is 30.3 Å². The molecule has 0 fully saturated rings. The molecule has 0 spiro atoms. The third kappa shape index (κ3) is 1.85. The molecule has 1 aromatic heterocycles. The Morgan fingerprint density at radius 2 is 1.89 bits per heavy atom. The van der Waals surface area contributed by atoms with Crippen LogP contribution in [0.5, 0.6) is 0 Å². The van der Waals surface area contributed by atoms with Gasteiger partial charge in [-0.15, -0.1) is 0 Å². The summed E-state index contributed by atoms with van der Waals surface area (Å²) in [5.41, 5.74) is 1.67. The summed E-state index contributed by atoms with van der Waals surface area (Å²) >= 11 is 11.9. The normalized spacial score (nSPS) is 11.1. The van der Waals surface area contributed by atoms with Crippen LogP contribution in [0.2, 0.25) is 10.0 Å². The van der Waals surface area contributed by atoms with Crippen molar-refractivity contribution in [2.24, 2.45) is 0 Å². The van der Waals surface area contributed by atoms with Gasteiger partial charge in [0.15, 0.2) is 0 Å². The van der Waals surface area contributed by atoms with Gasteiger partial charge in [-0.05, 0) is 24.3 Å². The van der Waals surface area contributed by atoms with Gasteiger partial charge < -0.3 is 4.98 Å². The maximum Gasteiger partial charge on any atom is 0.141 e. The molecule has 0 unspecified atom stereocenters. The number of benzene rings is 2. The minimum absolute atomic E-state index is 0.334. The number of nitrogens with zero attached hydrogens (tertiary/aromatic N) is 1. The molecule has 0 radical (unpaired) electrons. The lowest BCUT2D eigenvalue weighted by molar-refractivity contribution is 0.630. The molecule has 0 atom stereocenters. The van der Waals surface area contributed by atoms with Crippen molar-refractivity contribution >= 4 is 34.2 Å². The lowest BCUT2D eigenvalue weighted by Gasteiger charge is -1.96. The van der Waals surface area contributed by atoms with Crippen LogP contribution in [0, 0.1) is 5.82 Å². The second-order valence-electron chi connectivity index (χ2n) is 3.85. The van der Waals surface area contributed by atoms with E-state index in [0.717, 1.165) is 0 Å². The fourth-order valence-corrected chi connectivity index (χ4v) is 2.36. The van der Waals surface area contributed by atoms with Crippen LogP contribution >= 0.6 is 23.2 Å². The van der Waals surface area contributed by atoms with E-state index in [0.29, 0.717) is 32.5 Å². The van der Waals surface area contributed by atoms with E-state index >= 15 is 0 Å². The number of halogens is 3. The fraction of sp³-hybridized carbons (Fsp3) is 0. The van der Waals surface area contributed by atoms with E-state index in [1.807, 2.05) is 0 Å². The fourth-order valence-electron chi connectivity index (χ4n) is 1.82. The van der Waals surface area contributed by atoms with E-state index in [-0.39, 0.29) is 5.82 Å². The van der Waals surface area contributed by atoms with Crippen molar-refractivity contribution in [2.45, 2.75) is 0 Å². The Labute approximate surface area is 112 Å². The van der Waals surface area contributed by atoms with E-state index in [1.165, 1.54) is 6.07 Å². The largest absolute Gasteiger partial charge is 0.338 e. The molecule has 0 amide bonds. The Kier molecular flexibility index (Phi) is 2.73. The third-order valence-corrected chi connectivity index (χ3v) is 3.14. The van der Waals surface area contributed by atoms with Crippen molar-refractivity contribution in [1.82, 2.24) is 9.97 Å².